The third-order valence-electron chi connectivity index (χ3n) is 11.9. The van der Waals surface area contributed by atoms with Gasteiger partial charge in [0.1, 0.15) is 0 Å². The summed E-state index contributed by atoms with van der Waals surface area (Å²) in [4.78, 5) is 2.66. The Bertz CT molecular complexity index is 2780. The van der Waals surface area contributed by atoms with Gasteiger partial charge in [0, 0.05) is 21.9 Å². The lowest BCUT2D eigenvalue weighted by Gasteiger charge is -2.51. The molecule has 9 aromatic rings. The Kier molecular flexibility index (Phi) is 5.49. The van der Waals surface area contributed by atoms with Crippen LogP contribution in [0.1, 0.15) is 22.3 Å². The summed E-state index contributed by atoms with van der Waals surface area (Å²) in [6.07, 6.45) is 0. The molecule has 12 rings (SSSR count). The molecule has 0 N–H and O–H groups in total. The van der Waals surface area contributed by atoms with Crippen molar-refractivity contribution < 1.29 is 0 Å². The fraction of sp³-hybridized carbons (Fsp3) is 0.0196. The smallest absolute Gasteiger partial charge is 0.0742 e. The molecule has 3 aliphatic heterocycles. The number of nitrogens with zero attached hydrogens (tertiary/aromatic N) is 1. The van der Waals surface area contributed by atoms with Gasteiger partial charge in [-0.05, 0) is 78.5 Å². The Morgan fingerprint density at radius 2 is 0.750 bits per heavy atom. The van der Waals surface area contributed by atoms with E-state index in [1.165, 1.54) is 105 Å². The lowest BCUT2D eigenvalue weighted by molar-refractivity contribution is 0.734. The summed E-state index contributed by atoms with van der Waals surface area (Å²) in [5, 5.41) is 5.18. The van der Waals surface area contributed by atoms with Gasteiger partial charge in [0.05, 0.1) is 22.5 Å². The summed E-state index contributed by atoms with van der Waals surface area (Å²) in [5.74, 6) is 0. The number of rotatable bonds is 4. The van der Waals surface area contributed by atoms with Gasteiger partial charge >= 0.3 is 0 Å². The van der Waals surface area contributed by atoms with E-state index in [0.717, 1.165) is 0 Å². The number of benzene rings is 9. The van der Waals surface area contributed by atoms with Gasteiger partial charge in [-0.1, -0.05) is 176 Å². The van der Waals surface area contributed by atoms with Gasteiger partial charge < -0.3 is 4.90 Å². The van der Waals surface area contributed by atoms with Gasteiger partial charge in [-0.2, -0.15) is 0 Å². The van der Waals surface area contributed by atoms with Gasteiger partial charge in [-0.15, -0.1) is 0 Å². The van der Waals surface area contributed by atoms with Crippen LogP contribution in [0.25, 0.3) is 66.1 Å². The van der Waals surface area contributed by atoms with E-state index in [1.807, 2.05) is 0 Å². The molecule has 0 atom stereocenters. The van der Waals surface area contributed by atoms with Gasteiger partial charge in [-0.3, -0.25) is 0 Å². The van der Waals surface area contributed by atoms with Crippen molar-refractivity contribution in [2.45, 2.75) is 5.41 Å². The fourth-order valence-electron chi connectivity index (χ4n) is 9.93. The van der Waals surface area contributed by atoms with Crippen LogP contribution in [0.4, 0.5) is 17.1 Å². The predicted octanol–water partition coefficient (Wildman–Crippen LogP) is 13.5. The molecule has 0 bridgehead atoms. The molecule has 1 heteroatoms. The molecule has 9 aromatic carbocycles. The normalized spacial score (nSPS) is 13.9. The molecule has 0 fully saturated rings. The Hall–Kier alpha value is -6.70. The van der Waals surface area contributed by atoms with Crippen molar-refractivity contribution in [3.05, 3.63) is 210 Å². The summed E-state index contributed by atoms with van der Waals surface area (Å²) in [6, 6.07) is 70.3. The van der Waals surface area contributed by atoms with Gasteiger partial charge in [0.2, 0.25) is 0 Å². The fourth-order valence-corrected chi connectivity index (χ4v) is 9.93. The quantitative estimate of drug-likeness (QED) is 0.182. The summed E-state index contributed by atoms with van der Waals surface area (Å²) >= 11 is 0. The highest BCUT2D eigenvalue weighted by atomic mass is 15.2. The van der Waals surface area contributed by atoms with E-state index in [9.17, 15) is 0 Å². The van der Waals surface area contributed by atoms with E-state index < -0.39 is 5.41 Å². The highest BCUT2D eigenvalue weighted by Gasteiger charge is 2.50. The lowest BCUT2D eigenvalue weighted by Crippen LogP contribution is -2.39. The van der Waals surface area contributed by atoms with Crippen LogP contribution in [-0.2, 0) is 5.41 Å². The van der Waals surface area contributed by atoms with E-state index in [1.54, 1.807) is 0 Å². The van der Waals surface area contributed by atoms with E-state index in [4.69, 9.17) is 0 Å². The highest BCUT2D eigenvalue weighted by Crippen LogP contribution is 2.68. The molecule has 3 heterocycles. The minimum atomic E-state index is -0.518. The Morgan fingerprint density at radius 1 is 0.308 bits per heavy atom. The number of fused-ring (bicyclic) bond motifs is 2. The van der Waals surface area contributed by atoms with Crippen LogP contribution in [0, 0.1) is 0 Å². The molecule has 0 aliphatic carbocycles. The SMILES string of the molecule is c1ccc(-c2ccccc2-c2cc3c4c(c2)-c2cccc5ccc6c(c25)N4c2c(ccc4cccc-3c24)C6(c2ccccc2)c2ccccc2)cc1. The van der Waals surface area contributed by atoms with Crippen LogP contribution in [0.2, 0.25) is 0 Å². The zero-order valence-electron chi connectivity index (χ0n) is 28.3. The van der Waals surface area contributed by atoms with E-state index in [-0.39, 0.29) is 0 Å². The average molecular weight is 658 g/mol. The molecule has 52 heavy (non-hydrogen) atoms. The van der Waals surface area contributed by atoms with Crippen LogP contribution < -0.4 is 4.90 Å². The monoisotopic (exact) mass is 657 g/mol. The molecule has 0 aromatic heterocycles. The lowest BCUT2D eigenvalue weighted by atomic mass is 9.60. The molecular weight excluding hydrogens is 627 g/mol. The summed E-state index contributed by atoms with van der Waals surface area (Å²) in [7, 11) is 0. The zero-order chi connectivity index (χ0) is 34.0. The number of anilines is 3. The second-order valence-electron chi connectivity index (χ2n) is 14.4. The molecule has 0 radical (unpaired) electrons. The van der Waals surface area contributed by atoms with Crippen LogP contribution in [0.5, 0.6) is 0 Å². The first-order valence-corrected chi connectivity index (χ1v) is 18.2. The average Bonchev–Trinajstić information content (AvgIpc) is 3.22. The van der Waals surface area contributed by atoms with Crippen molar-refractivity contribution in [1.29, 1.82) is 0 Å². The van der Waals surface area contributed by atoms with Gasteiger partial charge in [0.25, 0.3) is 0 Å². The van der Waals surface area contributed by atoms with Crippen molar-refractivity contribution in [3.63, 3.8) is 0 Å². The van der Waals surface area contributed by atoms with Gasteiger partial charge in [0.15, 0.2) is 0 Å². The minimum Gasteiger partial charge on any atom is -0.307 e. The Balaban J connectivity index is 1.29. The third kappa shape index (κ3) is 3.43. The summed E-state index contributed by atoms with van der Waals surface area (Å²) in [5.41, 5.74) is 18.7. The summed E-state index contributed by atoms with van der Waals surface area (Å²) in [6.45, 7) is 0. The van der Waals surface area contributed by atoms with E-state index in [2.05, 4.69) is 193 Å². The van der Waals surface area contributed by atoms with Crippen LogP contribution >= 0.6 is 0 Å². The maximum absolute atomic E-state index is 2.66. The molecule has 3 aliphatic rings. The largest absolute Gasteiger partial charge is 0.307 e. The minimum absolute atomic E-state index is 0.518. The second-order valence-corrected chi connectivity index (χ2v) is 14.4. The first-order chi connectivity index (χ1) is 25.8. The molecule has 240 valence electrons. The Morgan fingerprint density at radius 3 is 1.27 bits per heavy atom. The highest BCUT2D eigenvalue weighted by molar-refractivity contribution is 6.26. The third-order valence-corrected chi connectivity index (χ3v) is 11.9. The molecule has 0 saturated heterocycles. The Labute approximate surface area is 302 Å². The first-order valence-electron chi connectivity index (χ1n) is 18.2. The van der Waals surface area contributed by atoms with Crippen molar-refractivity contribution >= 4 is 38.6 Å². The topological polar surface area (TPSA) is 3.24 Å². The van der Waals surface area contributed by atoms with Crippen molar-refractivity contribution in [3.8, 4) is 44.5 Å². The molecular formula is C51H31N. The molecule has 0 amide bonds. The maximum Gasteiger partial charge on any atom is 0.0742 e. The standard InChI is InChI=1S/C51H31N/c1-4-14-32(15-5-1)38-22-10-11-23-39(38)35-30-42-40-24-12-16-33-26-28-44-49(46(33)40)52-48(42)43(31-35)41-25-13-17-34-27-29-45(50(52)47(34)41)51(44,36-18-6-2-7-19-36)37-20-8-3-9-21-37/h1-31H. The molecule has 0 unspecified atom stereocenters. The number of hydrogen-bond acceptors (Lipinski definition) is 1. The van der Waals surface area contributed by atoms with Crippen molar-refractivity contribution in [1.82, 2.24) is 0 Å². The van der Waals surface area contributed by atoms with Crippen molar-refractivity contribution in [2.24, 2.45) is 0 Å². The zero-order valence-corrected chi connectivity index (χ0v) is 28.3. The van der Waals surface area contributed by atoms with Crippen LogP contribution in [0.3, 0.4) is 0 Å². The van der Waals surface area contributed by atoms with Gasteiger partial charge in [-0.25, -0.2) is 0 Å². The number of hydrogen-bond donors (Lipinski definition) is 0. The van der Waals surface area contributed by atoms with Crippen LogP contribution in [0.15, 0.2) is 188 Å². The maximum atomic E-state index is 2.66. The molecule has 0 saturated carbocycles. The van der Waals surface area contributed by atoms with Crippen molar-refractivity contribution in [2.75, 3.05) is 4.90 Å². The van der Waals surface area contributed by atoms with Crippen LogP contribution in [-0.4, -0.2) is 0 Å². The predicted molar refractivity (Wildman–Crippen MR) is 217 cm³/mol. The summed E-state index contributed by atoms with van der Waals surface area (Å²) < 4.78 is 0. The molecule has 1 nitrogen and oxygen atoms in total. The first kappa shape index (κ1) is 28.0. The van der Waals surface area contributed by atoms with E-state index >= 15 is 0 Å². The second kappa shape index (κ2) is 10.2. The van der Waals surface area contributed by atoms with E-state index in [0.29, 0.717) is 0 Å². The molecule has 0 spiro atoms.